The van der Waals surface area contributed by atoms with Crippen LogP contribution in [0, 0.1) is 0 Å². The van der Waals surface area contributed by atoms with E-state index >= 15 is 0 Å². The molecule has 0 radical (unpaired) electrons. The monoisotopic (exact) mass is 632 g/mol. The van der Waals surface area contributed by atoms with E-state index in [9.17, 15) is 0 Å². The van der Waals surface area contributed by atoms with Gasteiger partial charge in [-0.25, -0.2) is 0 Å². The van der Waals surface area contributed by atoms with Gasteiger partial charge in [0.25, 0.3) is 0 Å². The standard InChI is InChI=1S/C18H15.C9H13.4CH3.2ClH.2H2Si.Zr/c1-2-6-13(7-3-1)18-16-10-4-8-14(16)12-15-9-5-11-17(15)18;1-2-3-6-9-7-4-5-8-9;;;;;;;;;/h1-4,6-8,10,12H,5,9,11H2;4-5,7-8H,2-3,6H2,1H3;4*1H3;2*1H;2*1H2;/p-2. The topological polar surface area (TPSA) is 0 Å². The quantitative estimate of drug-likeness (QED) is 0.427. The number of hydrogen-bond donors (Lipinski definition) is 0. The molecular weight excluding hydrogens is 591 g/mol. The van der Waals surface area contributed by atoms with Crippen LogP contribution in [0.5, 0.6) is 0 Å². The molecule has 0 aromatic heterocycles. The molecule has 36 heavy (non-hydrogen) atoms. The molecule has 0 heterocycles. The molecule has 0 saturated carbocycles. The molecule has 0 saturated heterocycles. The SMILES string of the molecule is CCCCC1=C[CH]([Zr]([CH3])([CH3])([CH3])([CH3])(=[SiH2])(=[SiH2])[CH]2C=Cc3c2cc2c(c3-c3ccccc3)CCC2)C=C1.[Cl-].[Cl-]. The van der Waals surface area contributed by atoms with Crippen LogP contribution in [0.25, 0.3) is 17.2 Å². The van der Waals surface area contributed by atoms with E-state index in [0.29, 0.717) is 7.25 Å². The molecule has 2 atom stereocenters. The Labute approximate surface area is 225 Å². The minimum atomic E-state index is -4.86. The molecule has 3 aliphatic rings. The zero-order valence-corrected chi connectivity index (χ0v) is 29.7. The van der Waals surface area contributed by atoms with Gasteiger partial charge < -0.3 is 24.8 Å². The van der Waals surface area contributed by atoms with Gasteiger partial charge in [0.05, 0.1) is 0 Å². The van der Waals surface area contributed by atoms with E-state index in [1.807, 2.05) is 0 Å². The van der Waals surface area contributed by atoms with Crippen molar-refractivity contribution in [1.82, 2.24) is 0 Å². The number of fused-ring (bicyclic) bond motifs is 2. The van der Waals surface area contributed by atoms with E-state index < -0.39 is 11.6 Å². The maximum atomic E-state index is 2.76. The Kier molecular flexibility index (Phi) is 6.35. The fraction of sp³-hybridized carbons (Fsp3) is 0.419. The van der Waals surface area contributed by atoms with Crippen LogP contribution < -0.4 is 24.8 Å². The second-order valence-corrected chi connectivity index (χ2v) is 122. The molecule has 5 heteroatoms. The van der Waals surface area contributed by atoms with Crippen molar-refractivity contribution in [3.8, 4) is 11.1 Å². The van der Waals surface area contributed by atoms with Crippen molar-refractivity contribution in [1.29, 1.82) is 0 Å². The van der Waals surface area contributed by atoms with Gasteiger partial charge in [-0.2, -0.15) is 0 Å². The first kappa shape index (κ1) is 30.1. The molecule has 2 aromatic carbocycles. The second-order valence-electron chi connectivity index (χ2n) is 17.5. The molecule has 0 fully saturated rings. The average molecular weight is 635 g/mol. The maximum absolute atomic E-state index is 4.86. The van der Waals surface area contributed by atoms with E-state index in [1.54, 1.807) is 22.3 Å². The Morgan fingerprint density at radius 1 is 0.917 bits per heavy atom. The van der Waals surface area contributed by atoms with Crippen molar-refractivity contribution in [3.05, 3.63) is 88.5 Å². The molecule has 5 rings (SSSR count). The second kappa shape index (κ2) is 7.60. The number of aryl methyl sites for hydroxylation is 1. The van der Waals surface area contributed by atoms with E-state index in [0.717, 1.165) is 0 Å². The number of allylic oxidation sites excluding steroid dienone is 5. The molecular formula is C31H44Cl2Si2Zr-2. The first-order valence-corrected chi connectivity index (χ1v) is 38.1. The van der Waals surface area contributed by atoms with Crippen LogP contribution in [0.15, 0.2) is 66.3 Å². The van der Waals surface area contributed by atoms with Crippen molar-refractivity contribution >= 4 is 19.8 Å². The summed E-state index contributed by atoms with van der Waals surface area (Å²) in [6.45, 7) is 7.18. The predicted octanol–water partition coefficient (Wildman–Crippen LogP) is 1.98. The zero-order chi connectivity index (χ0) is 24.6. The Bertz CT molecular complexity index is 1580. The third kappa shape index (κ3) is 4.64. The van der Waals surface area contributed by atoms with Gasteiger partial charge in [0.1, 0.15) is 0 Å². The fourth-order valence-corrected chi connectivity index (χ4v) is 29.9. The number of halogens is 2. The number of hydrogen-bond acceptors (Lipinski definition) is 0. The summed E-state index contributed by atoms with van der Waals surface area (Å²) in [5.41, 5.74) is 10.8. The Balaban J connectivity index is 0.00000180. The molecule has 0 aliphatic heterocycles. The van der Waals surface area contributed by atoms with Crippen molar-refractivity contribution in [2.45, 2.75) is 71.2 Å². The van der Waals surface area contributed by atoms with E-state index in [4.69, 9.17) is 0 Å². The summed E-state index contributed by atoms with van der Waals surface area (Å²) >= 11 is -4.86. The summed E-state index contributed by atoms with van der Waals surface area (Å²) in [7, 11) is 0. The number of unbranched alkanes of at least 4 members (excludes halogenated alkanes) is 1. The van der Waals surface area contributed by atoms with Crippen molar-refractivity contribution < 1.29 is 36.4 Å². The summed E-state index contributed by atoms with van der Waals surface area (Å²) < 4.78 is 12.0. The van der Waals surface area contributed by atoms with Crippen molar-refractivity contribution in [3.63, 3.8) is 0 Å². The third-order valence-electron chi connectivity index (χ3n) is 9.92. The molecule has 2 unspecified atom stereocenters. The number of rotatable bonds is 6. The first-order valence-electron chi connectivity index (χ1n) is 13.6. The van der Waals surface area contributed by atoms with Gasteiger partial charge in [0, 0.05) is 0 Å². The zero-order valence-electron chi connectivity index (χ0n) is 22.9. The predicted molar refractivity (Wildman–Crippen MR) is 157 cm³/mol. The largest absolute Gasteiger partial charge is 1.00 e. The smallest absolute Gasteiger partial charge is 1.00 e. The van der Waals surface area contributed by atoms with Crippen LogP contribution in [0.1, 0.15) is 58.5 Å². The van der Waals surface area contributed by atoms with Gasteiger partial charge >= 0.3 is 202 Å². The van der Waals surface area contributed by atoms with Gasteiger partial charge in [0.2, 0.25) is 0 Å². The van der Waals surface area contributed by atoms with Crippen LogP contribution in [-0.4, -0.2) is 13.8 Å². The molecule has 0 amide bonds. The van der Waals surface area contributed by atoms with E-state index in [2.05, 4.69) is 106 Å². The minimum absolute atomic E-state index is 0. The fourth-order valence-electron chi connectivity index (χ4n) is 7.36. The molecule has 2 aromatic rings. The summed E-state index contributed by atoms with van der Waals surface area (Å²) in [4.78, 5) is 0. The van der Waals surface area contributed by atoms with Gasteiger partial charge in [-0.15, -0.1) is 0 Å². The summed E-state index contributed by atoms with van der Waals surface area (Å²) in [6.07, 6.45) is 20.4. The van der Waals surface area contributed by atoms with Crippen molar-refractivity contribution in [2.24, 2.45) is 0 Å². The molecule has 196 valence electrons. The van der Waals surface area contributed by atoms with Crippen LogP contribution in [0.2, 0.25) is 22.2 Å². The average Bonchev–Trinajstić information content (AvgIpc) is 3.49. The summed E-state index contributed by atoms with van der Waals surface area (Å²) in [5.74, 6) is 0. The van der Waals surface area contributed by atoms with Crippen molar-refractivity contribution in [2.75, 3.05) is 0 Å². The van der Waals surface area contributed by atoms with Crippen LogP contribution >= 0.6 is 0 Å². The molecule has 0 bridgehead atoms. The van der Waals surface area contributed by atoms with E-state index in [-0.39, 0.29) is 24.8 Å². The van der Waals surface area contributed by atoms with Gasteiger partial charge in [-0.3, -0.25) is 0 Å². The Hall–Kier alpha value is -0.443. The number of benzene rings is 2. The van der Waals surface area contributed by atoms with Gasteiger partial charge in [0.15, 0.2) is 0 Å². The normalized spacial score (nSPS) is 24.2. The van der Waals surface area contributed by atoms with E-state index in [1.165, 1.54) is 55.2 Å². The minimum Gasteiger partial charge on any atom is -1.00 e. The molecule has 3 aliphatic carbocycles. The van der Waals surface area contributed by atoms with Crippen LogP contribution in [0.4, 0.5) is 0 Å². The van der Waals surface area contributed by atoms with Crippen LogP contribution in [0.3, 0.4) is 0 Å². The van der Waals surface area contributed by atoms with Gasteiger partial charge in [-0.05, 0) is 0 Å². The third-order valence-corrected chi connectivity index (χ3v) is 41.8. The Morgan fingerprint density at radius 2 is 1.61 bits per heavy atom. The molecule has 0 nitrogen and oxygen atoms in total. The molecule has 0 spiro atoms. The van der Waals surface area contributed by atoms with Gasteiger partial charge in [-0.1, -0.05) is 0 Å². The maximum Gasteiger partial charge on any atom is -1.00 e. The van der Waals surface area contributed by atoms with Crippen LogP contribution in [-0.2, 0) is 24.4 Å². The Morgan fingerprint density at radius 3 is 2.28 bits per heavy atom. The summed E-state index contributed by atoms with van der Waals surface area (Å²) in [5, 5.41) is 0. The molecule has 0 N–H and O–H groups in total. The first-order chi connectivity index (χ1) is 15.5. The summed E-state index contributed by atoms with van der Waals surface area (Å²) in [6, 6.07) is 13.8.